The molecule has 0 bridgehead atoms. The standard InChI is InChI=1S/C34H25BN6O.Pt/c1-22-9-8-10-23(2)33(22)35-30-20-36-21-40(30)34-28(39(35)3)16-17-32(38-34)42-24-14-15-26-25-11-4-5-12-27(25)41(29(26)19-24)31-13-6-7-18-37-31;/h4-18,20H,1-3H3;/q-2;+2. The Hall–Kier alpha value is -4.68. The topological polar surface area (TPSA) is 61.0 Å². The number of benzene rings is 3. The fourth-order valence-electron chi connectivity index (χ4n) is 6.26. The molecule has 0 aliphatic carbocycles. The average Bonchev–Trinajstić information content (AvgIpc) is 3.62. The Kier molecular flexibility index (Phi) is 6.67. The Morgan fingerprint density at radius 1 is 0.837 bits per heavy atom. The molecule has 210 valence electrons. The van der Waals surface area contributed by atoms with Gasteiger partial charge in [0.1, 0.15) is 5.82 Å². The molecule has 4 aromatic heterocycles. The minimum atomic E-state index is -0.00438. The van der Waals surface area contributed by atoms with E-state index in [9.17, 15) is 0 Å². The molecule has 0 saturated heterocycles. The number of nitrogens with zero attached hydrogens (tertiary/aromatic N) is 6. The zero-order valence-electron chi connectivity index (χ0n) is 23.7. The maximum atomic E-state index is 6.35. The van der Waals surface area contributed by atoms with E-state index in [-0.39, 0.29) is 27.9 Å². The van der Waals surface area contributed by atoms with Crippen LogP contribution in [0.25, 0.3) is 33.4 Å². The third-order valence-electron chi connectivity index (χ3n) is 8.17. The van der Waals surface area contributed by atoms with E-state index in [1.807, 2.05) is 47.2 Å². The predicted molar refractivity (Wildman–Crippen MR) is 167 cm³/mol. The molecule has 3 aromatic carbocycles. The first-order valence-electron chi connectivity index (χ1n) is 13.9. The smallest absolute Gasteiger partial charge is 0.466 e. The van der Waals surface area contributed by atoms with E-state index in [0.717, 1.165) is 44.7 Å². The van der Waals surface area contributed by atoms with Crippen molar-refractivity contribution in [2.75, 3.05) is 11.9 Å². The molecule has 0 radical (unpaired) electrons. The second-order valence-electron chi connectivity index (χ2n) is 10.7. The molecule has 0 fully saturated rings. The van der Waals surface area contributed by atoms with Crippen LogP contribution in [0.15, 0.2) is 97.3 Å². The van der Waals surface area contributed by atoms with E-state index in [1.165, 1.54) is 16.6 Å². The number of rotatable bonds is 4. The average molecular weight is 740 g/mol. The summed E-state index contributed by atoms with van der Waals surface area (Å²) in [7, 11) is 2.10. The van der Waals surface area contributed by atoms with Gasteiger partial charge in [-0.3, -0.25) is 0 Å². The number of pyridine rings is 2. The number of ether oxygens (including phenoxy) is 1. The Morgan fingerprint density at radius 3 is 2.47 bits per heavy atom. The summed E-state index contributed by atoms with van der Waals surface area (Å²) in [6.45, 7) is 4.31. The van der Waals surface area contributed by atoms with Gasteiger partial charge in [-0.2, -0.15) is 6.07 Å². The van der Waals surface area contributed by atoms with E-state index in [2.05, 4.69) is 101 Å². The van der Waals surface area contributed by atoms with Gasteiger partial charge in [0, 0.05) is 35.5 Å². The van der Waals surface area contributed by atoms with Crippen LogP contribution >= 0.6 is 0 Å². The molecule has 0 N–H and O–H groups in total. The summed E-state index contributed by atoms with van der Waals surface area (Å²) in [6, 6.07) is 32.1. The van der Waals surface area contributed by atoms with E-state index >= 15 is 0 Å². The predicted octanol–water partition coefficient (Wildman–Crippen LogP) is 5.32. The molecule has 7 aromatic rings. The fraction of sp³-hybridized carbons (Fsp3) is 0.0882. The van der Waals surface area contributed by atoms with Crippen LogP contribution in [0.2, 0.25) is 0 Å². The third kappa shape index (κ3) is 4.28. The maximum absolute atomic E-state index is 6.35. The first-order chi connectivity index (χ1) is 20.6. The number of para-hydroxylation sites is 1. The SMILES string of the molecule is Cc1cccc(C)c1B1c2cn[c-]n2-c2nc(Oc3[c-]c4c(cc3)c3ccccc3n4-c3ccccn3)ccc2N1C.[Pt+2]. The normalized spacial score (nSPS) is 12.3. The van der Waals surface area contributed by atoms with Crippen molar-refractivity contribution >= 4 is 45.4 Å². The van der Waals surface area contributed by atoms with Crippen molar-refractivity contribution in [1.82, 2.24) is 24.1 Å². The Bertz CT molecular complexity index is 2120. The number of aromatic nitrogens is 5. The molecule has 0 saturated carbocycles. The van der Waals surface area contributed by atoms with Gasteiger partial charge in [0.05, 0.1) is 5.82 Å². The van der Waals surface area contributed by atoms with Crippen LogP contribution in [-0.4, -0.2) is 38.0 Å². The fourth-order valence-corrected chi connectivity index (χ4v) is 6.26. The monoisotopic (exact) mass is 739 g/mol. The summed E-state index contributed by atoms with van der Waals surface area (Å²) in [5.74, 6) is 2.60. The Labute approximate surface area is 264 Å². The molecule has 5 heterocycles. The molecule has 0 unspecified atom stereocenters. The molecule has 43 heavy (non-hydrogen) atoms. The first-order valence-corrected chi connectivity index (χ1v) is 13.9. The van der Waals surface area contributed by atoms with Crippen LogP contribution in [0.3, 0.4) is 0 Å². The van der Waals surface area contributed by atoms with Crippen molar-refractivity contribution in [3.63, 3.8) is 0 Å². The van der Waals surface area contributed by atoms with Crippen molar-refractivity contribution in [3.8, 4) is 23.3 Å². The third-order valence-corrected chi connectivity index (χ3v) is 8.17. The van der Waals surface area contributed by atoms with Crippen LogP contribution in [0, 0.1) is 26.2 Å². The summed E-state index contributed by atoms with van der Waals surface area (Å²) < 4.78 is 10.4. The number of fused-ring (bicyclic) bond motifs is 6. The molecular formula is C34H25BN6OPt. The minimum absolute atomic E-state index is 0. The Morgan fingerprint density at radius 2 is 1.65 bits per heavy atom. The number of imidazole rings is 1. The van der Waals surface area contributed by atoms with Gasteiger partial charge in [0.15, 0.2) is 0 Å². The summed E-state index contributed by atoms with van der Waals surface area (Å²) >= 11 is 0. The molecule has 7 nitrogen and oxygen atoms in total. The molecule has 9 heteroatoms. The number of hydrogen-bond acceptors (Lipinski definition) is 5. The van der Waals surface area contributed by atoms with Gasteiger partial charge in [0.25, 0.3) is 6.85 Å². The van der Waals surface area contributed by atoms with Gasteiger partial charge in [-0.1, -0.05) is 76.4 Å². The van der Waals surface area contributed by atoms with Crippen LogP contribution in [-0.2, 0) is 21.1 Å². The number of anilines is 1. The first kappa shape index (κ1) is 27.2. The van der Waals surface area contributed by atoms with Gasteiger partial charge in [-0.15, -0.1) is 17.5 Å². The van der Waals surface area contributed by atoms with Crippen molar-refractivity contribution in [1.29, 1.82) is 0 Å². The second kappa shape index (κ2) is 10.5. The maximum Gasteiger partial charge on any atom is 2.00 e. The van der Waals surface area contributed by atoms with Crippen molar-refractivity contribution < 1.29 is 25.8 Å². The summed E-state index contributed by atoms with van der Waals surface area (Å²) in [4.78, 5) is 16.2. The minimum Gasteiger partial charge on any atom is -0.466 e. The van der Waals surface area contributed by atoms with E-state index < -0.39 is 0 Å². The van der Waals surface area contributed by atoms with Crippen molar-refractivity contribution in [2.45, 2.75) is 13.8 Å². The van der Waals surface area contributed by atoms with Crippen molar-refractivity contribution in [2.24, 2.45) is 0 Å². The molecule has 0 atom stereocenters. The van der Waals surface area contributed by atoms with Crippen molar-refractivity contribution in [3.05, 3.63) is 121 Å². The van der Waals surface area contributed by atoms with Gasteiger partial charge >= 0.3 is 21.1 Å². The molecule has 1 aliphatic rings. The molecule has 0 amide bonds. The van der Waals surface area contributed by atoms with Crippen LogP contribution in [0.5, 0.6) is 11.6 Å². The van der Waals surface area contributed by atoms with Gasteiger partial charge in [0.2, 0.25) is 5.88 Å². The van der Waals surface area contributed by atoms with Gasteiger partial charge < -0.3 is 23.7 Å². The molecular weight excluding hydrogens is 714 g/mol. The van der Waals surface area contributed by atoms with Crippen LogP contribution in [0.4, 0.5) is 5.69 Å². The van der Waals surface area contributed by atoms with Crippen LogP contribution in [0.1, 0.15) is 11.1 Å². The molecule has 0 spiro atoms. The van der Waals surface area contributed by atoms with Gasteiger partial charge in [-0.05, 0) is 50.5 Å². The van der Waals surface area contributed by atoms with E-state index in [1.54, 1.807) is 6.20 Å². The van der Waals surface area contributed by atoms with E-state index in [4.69, 9.17) is 9.72 Å². The molecule has 1 aliphatic heterocycles. The van der Waals surface area contributed by atoms with Gasteiger partial charge in [-0.25, -0.2) is 9.97 Å². The summed E-state index contributed by atoms with van der Waals surface area (Å²) in [5.41, 5.74) is 7.71. The summed E-state index contributed by atoms with van der Waals surface area (Å²) in [5, 5.41) is 2.22. The summed E-state index contributed by atoms with van der Waals surface area (Å²) in [6.07, 6.45) is 6.81. The Balaban J connectivity index is 0.00000300. The largest absolute Gasteiger partial charge is 2.00 e. The van der Waals surface area contributed by atoms with Crippen LogP contribution < -0.4 is 20.6 Å². The zero-order valence-corrected chi connectivity index (χ0v) is 26.0. The number of aryl methyl sites for hydroxylation is 2. The second-order valence-corrected chi connectivity index (χ2v) is 10.7. The quantitative estimate of drug-likeness (QED) is 0.181. The zero-order chi connectivity index (χ0) is 28.4. The molecule has 8 rings (SSSR count). The number of hydrogen-bond donors (Lipinski definition) is 0. The van der Waals surface area contributed by atoms with E-state index in [0.29, 0.717) is 11.6 Å².